The van der Waals surface area contributed by atoms with Crippen LogP contribution in [-0.4, -0.2) is 21.2 Å². The molecule has 0 saturated heterocycles. The van der Waals surface area contributed by atoms with Crippen LogP contribution in [0.3, 0.4) is 0 Å². The molecule has 1 unspecified atom stereocenters. The summed E-state index contributed by atoms with van der Waals surface area (Å²) in [4.78, 5) is 28.5. The molecule has 0 bridgehead atoms. The summed E-state index contributed by atoms with van der Waals surface area (Å²) < 4.78 is 1.57. The summed E-state index contributed by atoms with van der Waals surface area (Å²) in [6.45, 7) is 4.39. The van der Waals surface area contributed by atoms with Crippen LogP contribution < -0.4 is 10.9 Å². The van der Waals surface area contributed by atoms with E-state index >= 15 is 0 Å². The van der Waals surface area contributed by atoms with Gasteiger partial charge in [0.15, 0.2) is 5.16 Å². The summed E-state index contributed by atoms with van der Waals surface area (Å²) in [5.41, 5.74) is 2.93. The van der Waals surface area contributed by atoms with Crippen LogP contribution in [0.5, 0.6) is 0 Å². The predicted octanol–water partition coefficient (Wildman–Crippen LogP) is 2.22. The molecule has 0 fully saturated rings. The van der Waals surface area contributed by atoms with E-state index in [9.17, 15) is 9.59 Å². The quantitative estimate of drug-likeness (QED) is 0.863. The lowest BCUT2D eigenvalue weighted by Gasteiger charge is -2.24. The monoisotopic (exact) mass is 315 g/mol. The Bertz CT molecular complexity index is 785. The average Bonchev–Trinajstić information content (AvgIpc) is 2.52. The predicted molar refractivity (Wildman–Crippen MR) is 87.3 cm³/mol. The minimum absolute atomic E-state index is 0.0531. The summed E-state index contributed by atoms with van der Waals surface area (Å²) in [5.74, 6) is 0.342. The molecule has 5 nitrogen and oxygen atoms in total. The van der Waals surface area contributed by atoms with Crippen molar-refractivity contribution in [2.24, 2.45) is 5.92 Å². The van der Waals surface area contributed by atoms with Gasteiger partial charge in [0.05, 0.1) is 5.92 Å². The third kappa shape index (κ3) is 2.78. The Labute approximate surface area is 132 Å². The minimum Gasteiger partial charge on any atom is -0.326 e. The molecule has 2 heterocycles. The fourth-order valence-corrected chi connectivity index (χ4v) is 3.49. The molecule has 1 atom stereocenters. The number of hydrogen-bond donors (Lipinski definition) is 1. The summed E-state index contributed by atoms with van der Waals surface area (Å²) in [7, 11) is 0. The number of aromatic nitrogens is 2. The number of amides is 1. The average molecular weight is 315 g/mol. The second-order valence-electron chi connectivity index (χ2n) is 5.42. The number of carbonyl (C=O) groups excluding carboxylic acids is 1. The Morgan fingerprint density at radius 1 is 1.36 bits per heavy atom. The van der Waals surface area contributed by atoms with E-state index in [1.165, 1.54) is 24.0 Å². The van der Waals surface area contributed by atoms with E-state index in [0.29, 0.717) is 17.5 Å². The number of hydrogen-bond acceptors (Lipinski definition) is 4. The SMILES string of the molecule is Cc1cccc(NC(=O)C2CSc3nccc(=O)n3C2)c1C. The van der Waals surface area contributed by atoms with Gasteiger partial charge < -0.3 is 5.32 Å². The molecular weight excluding hydrogens is 298 g/mol. The largest absolute Gasteiger partial charge is 0.326 e. The molecule has 0 saturated carbocycles. The standard InChI is InChI=1S/C16H17N3O2S/c1-10-4-3-5-13(11(10)2)18-15(21)12-8-19-14(20)6-7-17-16(19)22-9-12/h3-7,12H,8-9H2,1-2H3,(H,18,21). The minimum atomic E-state index is -0.237. The van der Waals surface area contributed by atoms with E-state index in [0.717, 1.165) is 16.8 Å². The van der Waals surface area contributed by atoms with Crippen molar-refractivity contribution in [2.45, 2.75) is 25.5 Å². The second-order valence-corrected chi connectivity index (χ2v) is 6.41. The molecule has 6 heteroatoms. The fourth-order valence-electron chi connectivity index (χ4n) is 2.43. The topological polar surface area (TPSA) is 64.0 Å². The van der Waals surface area contributed by atoms with Crippen LogP contribution in [0.25, 0.3) is 0 Å². The van der Waals surface area contributed by atoms with Crippen LogP contribution in [-0.2, 0) is 11.3 Å². The Hall–Kier alpha value is -2.08. The molecule has 114 valence electrons. The number of nitrogens with zero attached hydrogens (tertiary/aromatic N) is 2. The van der Waals surface area contributed by atoms with Gasteiger partial charge in [-0.1, -0.05) is 23.9 Å². The van der Waals surface area contributed by atoms with Crippen LogP contribution in [0.4, 0.5) is 5.69 Å². The first kappa shape index (κ1) is 14.8. The lowest BCUT2D eigenvalue weighted by atomic mass is 10.1. The molecule has 1 N–H and O–H groups in total. The molecule has 3 rings (SSSR count). The second kappa shape index (κ2) is 5.96. The number of carbonyl (C=O) groups is 1. The molecule has 0 spiro atoms. The van der Waals surface area contributed by atoms with Gasteiger partial charge in [-0.15, -0.1) is 0 Å². The Morgan fingerprint density at radius 3 is 3.00 bits per heavy atom. The Balaban J connectivity index is 1.78. The highest BCUT2D eigenvalue weighted by Crippen LogP contribution is 2.26. The van der Waals surface area contributed by atoms with Crippen molar-refractivity contribution >= 4 is 23.4 Å². The van der Waals surface area contributed by atoms with Gasteiger partial charge >= 0.3 is 0 Å². The number of nitrogens with one attached hydrogen (secondary N) is 1. The maximum Gasteiger partial charge on any atom is 0.254 e. The van der Waals surface area contributed by atoms with Gasteiger partial charge in [0.25, 0.3) is 5.56 Å². The van der Waals surface area contributed by atoms with Gasteiger partial charge in [0.2, 0.25) is 5.91 Å². The molecule has 0 radical (unpaired) electrons. The number of aryl methyl sites for hydroxylation is 1. The zero-order valence-corrected chi connectivity index (χ0v) is 13.3. The molecule has 1 aliphatic heterocycles. The molecule has 1 amide bonds. The maximum absolute atomic E-state index is 12.5. The molecular formula is C16H17N3O2S. The van der Waals surface area contributed by atoms with Crippen molar-refractivity contribution in [3.63, 3.8) is 0 Å². The highest BCUT2D eigenvalue weighted by molar-refractivity contribution is 7.99. The molecule has 1 aromatic carbocycles. The molecule has 1 aliphatic rings. The molecule has 2 aromatic rings. The summed E-state index contributed by atoms with van der Waals surface area (Å²) in [6, 6.07) is 7.27. The summed E-state index contributed by atoms with van der Waals surface area (Å²) in [5, 5.41) is 3.67. The number of anilines is 1. The van der Waals surface area contributed by atoms with Crippen LogP contribution in [0.1, 0.15) is 11.1 Å². The van der Waals surface area contributed by atoms with Gasteiger partial charge in [0.1, 0.15) is 0 Å². The Morgan fingerprint density at radius 2 is 2.18 bits per heavy atom. The lowest BCUT2D eigenvalue weighted by Crippen LogP contribution is -2.36. The van der Waals surface area contributed by atoms with Gasteiger partial charge in [-0.25, -0.2) is 4.98 Å². The van der Waals surface area contributed by atoms with Crippen LogP contribution in [0.2, 0.25) is 0 Å². The fraction of sp³-hybridized carbons (Fsp3) is 0.312. The third-order valence-electron chi connectivity index (χ3n) is 3.95. The van der Waals surface area contributed by atoms with E-state index in [2.05, 4.69) is 10.3 Å². The van der Waals surface area contributed by atoms with Crippen LogP contribution in [0, 0.1) is 19.8 Å². The van der Waals surface area contributed by atoms with Crippen molar-refractivity contribution in [1.29, 1.82) is 0 Å². The van der Waals surface area contributed by atoms with E-state index in [4.69, 9.17) is 0 Å². The summed E-state index contributed by atoms with van der Waals surface area (Å²) in [6.07, 6.45) is 1.51. The van der Waals surface area contributed by atoms with E-state index in [1.54, 1.807) is 4.57 Å². The van der Waals surface area contributed by atoms with E-state index in [-0.39, 0.29) is 17.4 Å². The number of benzene rings is 1. The molecule has 22 heavy (non-hydrogen) atoms. The van der Waals surface area contributed by atoms with Crippen molar-refractivity contribution < 1.29 is 4.79 Å². The smallest absolute Gasteiger partial charge is 0.254 e. The van der Waals surface area contributed by atoms with Gasteiger partial charge in [-0.3, -0.25) is 14.2 Å². The van der Waals surface area contributed by atoms with E-state index in [1.807, 2.05) is 32.0 Å². The van der Waals surface area contributed by atoms with E-state index < -0.39 is 0 Å². The van der Waals surface area contributed by atoms with Crippen molar-refractivity contribution in [1.82, 2.24) is 9.55 Å². The zero-order valence-electron chi connectivity index (χ0n) is 12.5. The molecule has 0 aliphatic carbocycles. The molecule has 1 aromatic heterocycles. The van der Waals surface area contributed by atoms with Crippen LogP contribution >= 0.6 is 11.8 Å². The van der Waals surface area contributed by atoms with Crippen molar-refractivity contribution in [2.75, 3.05) is 11.1 Å². The first-order valence-electron chi connectivity index (χ1n) is 7.12. The maximum atomic E-state index is 12.5. The van der Waals surface area contributed by atoms with Crippen molar-refractivity contribution in [3.8, 4) is 0 Å². The summed E-state index contributed by atoms with van der Waals surface area (Å²) >= 11 is 1.45. The number of thioether (sulfide) groups is 1. The van der Waals surface area contributed by atoms with Gasteiger partial charge in [-0.05, 0) is 31.0 Å². The Kier molecular flexibility index (Phi) is 4.02. The van der Waals surface area contributed by atoms with Crippen LogP contribution in [0.15, 0.2) is 40.4 Å². The lowest BCUT2D eigenvalue weighted by molar-refractivity contribution is -0.119. The number of fused-ring (bicyclic) bond motifs is 1. The normalized spacial score (nSPS) is 16.9. The van der Waals surface area contributed by atoms with Crippen molar-refractivity contribution in [3.05, 3.63) is 51.9 Å². The zero-order chi connectivity index (χ0) is 15.7. The highest BCUT2D eigenvalue weighted by atomic mass is 32.2. The third-order valence-corrected chi connectivity index (χ3v) is 5.10. The number of rotatable bonds is 2. The first-order valence-corrected chi connectivity index (χ1v) is 8.10. The van der Waals surface area contributed by atoms with Gasteiger partial charge in [-0.2, -0.15) is 0 Å². The first-order chi connectivity index (χ1) is 10.6. The van der Waals surface area contributed by atoms with Gasteiger partial charge in [0, 0.05) is 30.2 Å². The highest BCUT2D eigenvalue weighted by Gasteiger charge is 2.26.